The van der Waals surface area contributed by atoms with Gasteiger partial charge in [-0.2, -0.15) is 0 Å². The van der Waals surface area contributed by atoms with Crippen LogP contribution in [0, 0.1) is 0 Å². The van der Waals surface area contributed by atoms with Gasteiger partial charge in [0.05, 0.1) is 17.9 Å². The predicted octanol–water partition coefficient (Wildman–Crippen LogP) is 1.10. The van der Waals surface area contributed by atoms with E-state index in [1.165, 1.54) is 11.3 Å². The second kappa shape index (κ2) is 4.29. The predicted molar refractivity (Wildman–Crippen MR) is 68.6 cm³/mol. The summed E-state index contributed by atoms with van der Waals surface area (Å²) >= 11 is 1.52. The molecule has 6 heteroatoms. The molecule has 0 aliphatic rings. The number of aliphatic hydroxyl groups is 2. The van der Waals surface area contributed by atoms with E-state index in [0.29, 0.717) is 6.54 Å². The molecule has 0 saturated carbocycles. The average Bonchev–Trinajstić information content (AvgIpc) is 2.72. The summed E-state index contributed by atoms with van der Waals surface area (Å²) in [5.74, 6) is 0.724. The topological polar surface area (TPSA) is 61.0 Å². The minimum atomic E-state index is -0.793. The molecule has 0 atom stereocenters. The van der Waals surface area contributed by atoms with Gasteiger partial charge in [-0.05, 0) is 13.8 Å². The number of hydrogen-bond donors (Lipinski definition) is 2. The third-order valence-corrected chi connectivity index (χ3v) is 3.23. The van der Waals surface area contributed by atoms with E-state index in [9.17, 15) is 10.2 Å². The summed E-state index contributed by atoms with van der Waals surface area (Å²) in [6, 6.07) is 0. The van der Waals surface area contributed by atoms with Gasteiger partial charge >= 0.3 is 0 Å². The molecule has 0 radical (unpaired) electrons. The first-order chi connectivity index (χ1) is 7.92. The van der Waals surface area contributed by atoms with Gasteiger partial charge in [0.1, 0.15) is 0 Å². The largest absolute Gasteiger partial charge is 0.390 e. The van der Waals surface area contributed by atoms with E-state index >= 15 is 0 Å². The Hall–Kier alpha value is -1.11. The second-order valence-electron chi connectivity index (χ2n) is 4.76. The number of fused-ring (bicyclic) bond motifs is 1. The number of likely N-dealkylation sites (N-methyl/N-ethyl adjacent to an activating group) is 1. The number of imidazole rings is 1. The molecule has 0 aromatic carbocycles. The Morgan fingerprint density at radius 2 is 2.24 bits per heavy atom. The highest BCUT2D eigenvalue weighted by Crippen LogP contribution is 2.24. The molecule has 2 aromatic heterocycles. The van der Waals surface area contributed by atoms with Crippen LogP contribution in [0.4, 0.5) is 5.82 Å². The van der Waals surface area contributed by atoms with Crippen LogP contribution in [0.2, 0.25) is 0 Å². The Labute approximate surface area is 104 Å². The quantitative estimate of drug-likeness (QED) is 0.858. The van der Waals surface area contributed by atoms with Crippen molar-refractivity contribution in [2.45, 2.75) is 26.1 Å². The minimum Gasteiger partial charge on any atom is -0.390 e. The van der Waals surface area contributed by atoms with Gasteiger partial charge in [0.2, 0.25) is 0 Å². The zero-order valence-corrected chi connectivity index (χ0v) is 11.0. The van der Waals surface area contributed by atoms with Gasteiger partial charge in [0, 0.05) is 25.2 Å². The van der Waals surface area contributed by atoms with Gasteiger partial charge in [-0.3, -0.25) is 4.40 Å². The van der Waals surface area contributed by atoms with Crippen LogP contribution in [-0.4, -0.2) is 38.8 Å². The Morgan fingerprint density at radius 3 is 2.82 bits per heavy atom. The van der Waals surface area contributed by atoms with Gasteiger partial charge in [0.15, 0.2) is 10.8 Å². The molecule has 0 spiro atoms. The summed E-state index contributed by atoms with van der Waals surface area (Å²) in [7, 11) is 1.86. The lowest BCUT2D eigenvalue weighted by Crippen LogP contribution is -2.36. The van der Waals surface area contributed by atoms with Gasteiger partial charge in [-0.15, -0.1) is 11.3 Å². The first kappa shape index (κ1) is 12.3. The number of aliphatic hydroxyl groups excluding tert-OH is 1. The molecule has 0 aliphatic heterocycles. The molecule has 2 rings (SSSR count). The van der Waals surface area contributed by atoms with Crippen molar-refractivity contribution in [2.24, 2.45) is 0 Å². The van der Waals surface area contributed by atoms with Crippen LogP contribution >= 0.6 is 11.3 Å². The molecule has 0 bridgehead atoms. The van der Waals surface area contributed by atoms with Crippen molar-refractivity contribution in [1.29, 1.82) is 0 Å². The molecule has 0 aliphatic carbocycles. The normalized spacial score (nSPS) is 12.3. The molecule has 17 heavy (non-hydrogen) atoms. The summed E-state index contributed by atoms with van der Waals surface area (Å²) in [5.41, 5.74) is -0.0357. The maximum absolute atomic E-state index is 9.80. The summed E-state index contributed by atoms with van der Waals surface area (Å²) < 4.78 is 1.88. The Kier molecular flexibility index (Phi) is 3.11. The monoisotopic (exact) mass is 255 g/mol. The summed E-state index contributed by atoms with van der Waals surface area (Å²) in [4.78, 5) is 7.18. The van der Waals surface area contributed by atoms with Crippen LogP contribution < -0.4 is 4.90 Å². The molecule has 0 fully saturated rings. The van der Waals surface area contributed by atoms with Gasteiger partial charge in [-0.25, -0.2) is 4.98 Å². The van der Waals surface area contributed by atoms with Crippen LogP contribution in [0.5, 0.6) is 0 Å². The molecule has 0 amide bonds. The smallest absolute Gasteiger partial charge is 0.195 e. The van der Waals surface area contributed by atoms with Crippen LogP contribution in [0.25, 0.3) is 4.96 Å². The molecular formula is C11H17N3O2S. The first-order valence-electron chi connectivity index (χ1n) is 5.41. The number of rotatable bonds is 4. The minimum absolute atomic E-state index is 0.0660. The number of thiazole rings is 1. The molecule has 5 nitrogen and oxygen atoms in total. The number of aromatic nitrogens is 2. The standard InChI is InChI=1S/C11H17N3O2S/c1-11(2,16)7-13(3)9-8(6-15)14-4-5-17-10(14)12-9/h4-5,15-16H,6-7H2,1-3H3. The van der Waals surface area contributed by atoms with Crippen molar-refractivity contribution in [3.05, 3.63) is 17.3 Å². The molecular weight excluding hydrogens is 238 g/mol. The molecule has 2 heterocycles. The third-order valence-electron chi connectivity index (χ3n) is 2.48. The maximum atomic E-state index is 9.80. The van der Waals surface area contributed by atoms with Crippen molar-refractivity contribution in [3.8, 4) is 0 Å². The SMILES string of the molecule is CN(CC(C)(C)O)c1nc2sccn2c1CO. The third kappa shape index (κ3) is 2.43. The zero-order valence-electron chi connectivity index (χ0n) is 10.2. The lowest BCUT2D eigenvalue weighted by molar-refractivity contribution is 0.0883. The number of anilines is 1. The van der Waals surface area contributed by atoms with Crippen molar-refractivity contribution < 1.29 is 10.2 Å². The van der Waals surface area contributed by atoms with Gasteiger partial charge in [-0.1, -0.05) is 0 Å². The molecule has 0 saturated heterocycles. The molecule has 2 N–H and O–H groups in total. The molecule has 0 unspecified atom stereocenters. The summed E-state index contributed by atoms with van der Waals surface area (Å²) in [5, 5.41) is 21.2. The van der Waals surface area contributed by atoms with Crippen molar-refractivity contribution >= 4 is 22.1 Å². The fourth-order valence-electron chi connectivity index (χ4n) is 1.93. The fourth-order valence-corrected chi connectivity index (χ4v) is 2.66. The van der Waals surface area contributed by atoms with E-state index in [-0.39, 0.29) is 6.61 Å². The Balaban J connectivity index is 2.37. The second-order valence-corrected chi connectivity index (χ2v) is 5.64. The van der Waals surface area contributed by atoms with Gasteiger partial charge in [0.25, 0.3) is 0 Å². The zero-order chi connectivity index (χ0) is 12.6. The van der Waals surface area contributed by atoms with Crippen LogP contribution in [0.15, 0.2) is 11.6 Å². The maximum Gasteiger partial charge on any atom is 0.195 e. The van der Waals surface area contributed by atoms with E-state index in [1.807, 2.05) is 27.9 Å². The highest BCUT2D eigenvalue weighted by atomic mass is 32.1. The highest BCUT2D eigenvalue weighted by molar-refractivity contribution is 7.15. The Bertz CT molecular complexity index is 512. The van der Waals surface area contributed by atoms with E-state index in [0.717, 1.165) is 16.5 Å². The van der Waals surface area contributed by atoms with Crippen molar-refractivity contribution in [3.63, 3.8) is 0 Å². The van der Waals surface area contributed by atoms with Crippen LogP contribution in [-0.2, 0) is 6.61 Å². The van der Waals surface area contributed by atoms with E-state index in [1.54, 1.807) is 13.8 Å². The lowest BCUT2D eigenvalue weighted by atomic mass is 10.1. The Morgan fingerprint density at radius 1 is 1.53 bits per heavy atom. The number of nitrogens with zero attached hydrogens (tertiary/aromatic N) is 3. The molecule has 94 valence electrons. The van der Waals surface area contributed by atoms with E-state index in [4.69, 9.17) is 0 Å². The fraction of sp³-hybridized carbons (Fsp3) is 0.545. The first-order valence-corrected chi connectivity index (χ1v) is 6.29. The van der Waals surface area contributed by atoms with E-state index in [2.05, 4.69) is 4.98 Å². The highest BCUT2D eigenvalue weighted by Gasteiger charge is 2.21. The van der Waals surface area contributed by atoms with Crippen LogP contribution in [0.3, 0.4) is 0 Å². The summed E-state index contributed by atoms with van der Waals surface area (Å²) in [6.07, 6.45) is 1.89. The van der Waals surface area contributed by atoms with Crippen LogP contribution in [0.1, 0.15) is 19.5 Å². The van der Waals surface area contributed by atoms with Crippen molar-refractivity contribution in [1.82, 2.24) is 9.38 Å². The van der Waals surface area contributed by atoms with Crippen molar-refractivity contribution in [2.75, 3.05) is 18.5 Å². The lowest BCUT2D eigenvalue weighted by Gasteiger charge is -2.26. The van der Waals surface area contributed by atoms with E-state index < -0.39 is 5.60 Å². The number of hydrogen-bond acceptors (Lipinski definition) is 5. The summed E-state index contributed by atoms with van der Waals surface area (Å²) in [6.45, 7) is 3.90. The average molecular weight is 255 g/mol. The van der Waals surface area contributed by atoms with Gasteiger partial charge < -0.3 is 15.1 Å². The molecule has 2 aromatic rings.